The monoisotopic (exact) mass is 1010 g/mol. The van der Waals surface area contributed by atoms with Crippen LogP contribution in [-0.2, 0) is 17.3 Å². The average molecular weight is 1010 g/mol. The van der Waals surface area contributed by atoms with Crippen LogP contribution >= 0.6 is 0 Å². The smallest absolute Gasteiger partial charge is 0.159 e. The molecule has 0 N–H and O–H groups in total. The maximum absolute atomic E-state index is 6.80. The van der Waals surface area contributed by atoms with Crippen LogP contribution in [0.15, 0.2) is 302 Å². The fourth-order valence-corrected chi connectivity index (χ4v) is 13.5. The molecule has 15 rings (SSSR count). The highest BCUT2D eigenvalue weighted by Crippen LogP contribution is 2.59. The first kappa shape index (κ1) is 46.4. The van der Waals surface area contributed by atoms with Crippen molar-refractivity contribution in [2.75, 3.05) is 9.80 Å². The van der Waals surface area contributed by atoms with Crippen LogP contribution in [-0.4, -0.2) is 0 Å². The summed E-state index contributed by atoms with van der Waals surface area (Å²) in [7, 11) is 0. The highest BCUT2D eigenvalue weighted by molar-refractivity contribution is 6.11. The molecule has 13 aromatic rings. The van der Waals surface area contributed by atoms with Crippen molar-refractivity contribution in [3.8, 4) is 33.4 Å². The molecule has 0 saturated heterocycles. The number of anilines is 6. The van der Waals surface area contributed by atoms with E-state index in [0.29, 0.717) is 0 Å². The summed E-state index contributed by atoms with van der Waals surface area (Å²) in [6.07, 6.45) is 0.839. The third-order valence-corrected chi connectivity index (χ3v) is 17.0. The molecule has 1 aromatic heterocycles. The first-order valence-electron chi connectivity index (χ1n) is 27.5. The Balaban J connectivity index is 0.780. The molecule has 0 radical (unpaired) electrons. The average Bonchev–Trinajstić information content (AvgIpc) is 4.13. The molecule has 0 bridgehead atoms. The summed E-state index contributed by atoms with van der Waals surface area (Å²) in [5.74, 6) is 0. The first-order valence-corrected chi connectivity index (χ1v) is 27.5. The van der Waals surface area contributed by atoms with E-state index in [1.807, 2.05) is 6.07 Å². The van der Waals surface area contributed by atoms with E-state index in [-0.39, 0.29) is 5.41 Å². The molecule has 12 aromatic carbocycles. The molecule has 374 valence electrons. The summed E-state index contributed by atoms with van der Waals surface area (Å²) >= 11 is 0. The predicted octanol–water partition coefficient (Wildman–Crippen LogP) is 20.1. The second-order valence-corrected chi connectivity index (χ2v) is 21.4. The van der Waals surface area contributed by atoms with Crippen LogP contribution in [0.5, 0.6) is 0 Å². The highest BCUT2D eigenvalue weighted by Gasteiger charge is 2.46. The molecule has 1 unspecified atom stereocenters. The molecular formula is C76H54N2O. The molecule has 3 nitrogen and oxygen atoms in total. The van der Waals surface area contributed by atoms with Gasteiger partial charge in [0, 0.05) is 33.1 Å². The Morgan fingerprint density at radius 3 is 1.52 bits per heavy atom. The number of hydrogen-bond donors (Lipinski definition) is 0. The topological polar surface area (TPSA) is 19.6 Å². The lowest BCUT2D eigenvalue weighted by atomic mass is 9.62. The fraction of sp³-hybridized carbons (Fsp3) is 0.0526. The molecule has 1 aliphatic heterocycles. The summed E-state index contributed by atoms with van der Waals surface area (Å²) in [4.78, 5) is 4.87. The second kappa shape index (κ2) is 18.7. The Bertz CT molecular complexity index is 4300. The van der Waals surface area contributed by atoms with Gasteiger partial charge in [0.05, 0.1) is 28.2 Å². The van der Waals surface area contributed by atoms with Crippen molar-refractivity contribution in [3.05, 3.63) is 336 Å². The quantitative estimate of drug-likeness (QED) is 0.136. The van der Waals surface area contributed by atoms with Gasteiger partial charge in [-0.05, 0) is 128 Å². The van der Waals surface area contributed by atoms with Gasteiger partial charge in [-0.3, -0.25) is 0 Å². The summed E-state index contributed by atoms with van der Waals surface area (Å²) in [5, 5.41) is 2.21. The van der Waals surface area contributed by atoms with Gasteiger partial charge >= 0.3 is 0 Å². The SMILES string of the molecule is CC1(Cc2ccc(-c3ccc(N4c5ccccc5C(c5ccccc5)(c5ccccc5)c5ccccc54)cc3)cc2)c2ccccc2-c2c(N(c3ccc(-c4ccccc4)cc3)c3cccc4c3oc3ccccc34)cccc21. The third kappa shape index (κ3) is 7.34. The zero-order valence-corrected chi connectivity index (χ0v) is 43.8. The van der Waals surface area contributed by atoms with Crippen LogP contribution in [0, 0.1) is 0 Å². The third-order valence-electron chi connectivity index (χ3n) is 17.0. The second-order valence-electron chi connectivity index (χ2n) is 21.4. The standard InChI is InChI=1S/C76H54N2O/c1-75(51-52-39-41-54(42-40-52)56-45-47-59(48-46-56)77-68-34-16-14-31-65(68)76(57-23-7-3-8-24-57,58-25-9-4-10-26-58)66-32-15-17-35-69(66)77)64-30-13-11-28-63(64)73-67(75)33-20-36-70(73)78(60-49-43-55(44-50-60)53-21-5-2-6-22-53)71-37-19-29-62-61-27-12-18-38-72(61)79-74(62)71/h2-50H,51H2,1H3. The van der Waals surface area contributed by atoms with Gasteiger partial charge in [-0.25, -0.2) is 0 Å². The molecule has 0 spiro atoms. The van der Waals surface area contributed by atoms with Crippen LogP contribution in [0.4, 0.5) is 34.1 Å². The summed E-state index contributed by atoms with van der Waals surface area (Å²) in [6.45, 7) is 2.44. The van der Waals surface area contributed by atoms with Crippen molar-refractivity contribution < 1.29 is 4.42 Å². The van der Waals surface area contributed by atoms with Crippen LogP contribution in [0.25, 0.3) is 55.3 Å². The van der Waals surface area contributed by atoms with Crippen molar-refractivity contribution >= 4 is 56.1 Å². The van der Waals surface area contributed by atoms with Crippen molar-refractivity contribution in [2.45, 2.75) is 24.2 Å². The van der Waals surface area contributed by atoms with E-state index < -0.39 is 5.41 Å². The van der Waals surface area contributed by atoms with Crippen LogP contribution in [0.3, 0.4) is 0 Å². The van der Waals surface area contributed by atoms with Gasteiger partial charge < -0.3 is 14.2 Å². The lowest BCUT2D eigenvalue weighted by Crippen LogP contribution is -2.37. The highest BCUT2D eigenvalue weighted by atomic mass is 16.3. The number of para-hydroxylation sites is 4. The number of rotatable bonds is 10. The minimum absolute atomic E-state index is 0.307. The minimum Gasteiger partial charge on any atom is -0.454 e. The summed E-state index contributed by atoms with van der Waals surface area (Å²) < 4.78 is 6.80. The predicted molar refractivity (Wildman–Crippen MR) is 328 cm³/mol. The van der Waals surface area contributed by atoms with Crippen molar-refractivity contribution in [1.29, 1.82) is 0 Å². The maximum atomic E-state index is 6.80. The summed E-state index contributed by atoms with van der Waals surface area (Å²) in [6, 6.07) is 109. The van der Waals surface area contributed by atoms with Gasteiger partial charge in [0.25, 0.3) is 0 Å². The van der Waals surface area contributed by atoms with E-state index in [4.69, 9.17) is 4.42 Å². The van der Waals surface area contributed by atoms with Gasteiger partial charge in [-0.1, -0.05) is 250 Å². The fourth-order valence-electron chi connectivity index (χ4n) is 13.5. The Morgan fingerprint density at radius 2 is 0.861 bits per heavy atom. The van der Waals surface area contributed by atoms with Gasteiger partial charge in [0.2, 0.25) is 0 Å². The molecule has 0 fully saturated rings. The van der Waals surface area contributed by atoms with Crippen molar-refractivity contribution in [1.82, 2.24) is 0 Å². The number of hydrogen-bond acceptors (Lipinski definition) is 3. The zero-order chi connectivity index (χ0) is 52.5. The first-order chi connectivity index (χ1) is 39.1. The molecule has 2 heterocycles. The normalized spacial score (nSPS) is 14.8. The van der Waals surface area contributed by atoms with Gasteiger partial charge in [-0.2, -0.15) is 0 Å². The number of benzene rings is 12. The minimum atomic E-state index is -0.502. The van der Waals surface area contributed by atoms with E-state index in [0.717, 1.165) is 51.1 Å². The summed E-state index contributed by atoms with van der Waals surface area (Å²) in [5.41, 5.74) is 23.8. The van der Waals surface area contributed by atoms with Gasteiger partial charge in [0.1, 0.15) is 5.58 Å². The molecule has 2 aliphatic rings. The molecule has 1 aliphatic carbocycles. The lowest BCUT2D eigenvalue weighted by Gasteiger charge is -2.46. The Kier molecular flexibility index (Phi) is 10.9. The Labute approximate surface area is 461 Å². The lowest BCUT2D eigenvalue weighted by molar-refractivity contribution is 0.583. The van der Waals surface area contributed by atoms with E-state index in [1.54, 1.807) is 0 Å². The number of furan rings is 1. The molecule has 3 heteroatoms. The molecule has 0 amide bonds. The maximum Gasteiger partial charge on any atom is 0.159 e. The molecule has 1 atom stereocenters. The van der Waals surface area contributed by atoms with Crippen LogP contribution in [0.2, 0.25) is 0 Å². The number of fused-ring (bicyclic) bond motifs is 8. The van der Waals surface area contributed by atoms with Crippen LogP contribution in [0.1, 0.15) is 45.9 Å². The zero-order valence-electron chi connectivity index (χ0n) is 43.8. The van der Waals surface area contributed by atoms with Gasteiger partial charge in [0.15, 0.2) is 5.58 Å². The van der Waals surface area contributed by atoms with Crippen LogP contribution < -0.4 is 9.80 Å². The van der Waals surface area contributed by atoms with Gasteiger partial charge in [-0.15, -0.1) is 0 Å². The largest absolute Gasteiger partial charge is 0.454 e. The van der Waals surface area contributed by atoms with E-state index in [1.165, 1.54) is 83.7 Å². The Hall–Kier alpha value is -9.96. The molecule has 0 saturated carbocycles. The van der Waals surface area contributed by atoms with E-state index in [9.17, 15) is 0 Å². The van der Waals surface area contributed by atoms with E-state index in [2.05, 4.69) is 308 Å². The van der Waals surface area contributed by atoms with Crippen molar-refractivity contribution in [2.24, 2.45) is 0 Å². The molecular weight excluding hydrogens is 957 g/mol. The number of nitrogens with zero attached hydrogens (tertiary/aromatic N) is 2. The Morgan fingerprint density at radius 1 is 0.380 bits per heavy atom. The van der Waals surface area contributed by atoms with Crippen molar-refractivity contribution in [3.63, 3.8) is 0 Å². The van der Waals surface area contributed by atoms with E-state index >= 15 is 0 Å². The molecule has 79 heavy (non-hydrogen) atoms.